The molecule has 0 aromatic heterocycles. The summed E-state index contributed by atoms with van der Waals surface area (Å²) in [6, 6.07) is 0. The predicted octanol–water partition coefficient (Wildman–Crippen LogP) is 0.861. The average molecular weight is 221 g/mol. The van der Waals surface area contributed by atoms with Crippen molar-refractivity contribution in [3.63, 3.8) is 0 Å². The molecule has 0 rings (SSSR count). The molecule has 0 heterocycles. The summed E-state index contributed by atoms with van der Waals surface area (Å²) < 4.78 is 20.8. The van der Waals surface area contributed by atoms with Crippen LogP contribution in [-0.2, 0) is 18.6 Å². The Morgan fingerprint density at radius 1 is 1.21 bits per heavy atom. The standard InChI is InChI=1S/C9H21O4Si/c1-10-6-5-9(11-2)7-13-8-14(4)12-3/h9H,5-8H2,1-4H3. The molecule has 0 aliphatic carbocycles. The summed E-state index contributed by atoms with van der Waals surface area (Å²) in [6.45, 7) is 3.39. The monoisotopic (exact) mass is 221 g/mol. The number of ether oxygens (including phenoxy) is 3. The lowest BCUT2D eigenvalue weighted by molar-refractivity contribution is 0.00218. The van der Waals surface area contributed by atoms with Crippen LogP contribution in [0.25, 0.3) is 0 Å². The highest BCUT2D eigenvalue weighted by atomic mass is 28.3. The van der Waals surface area contributed by atoms with Gasteiger partial charge in [0.1, 0.15) is 0 Å². The first-order valence-corrected chi connectivity index (χ1v) is 6.82. The highest BCUT2D eigenvalue weighted by molar-refractivity contribution is 6.49. The van der Waals surface area contributed by atoms with Crippen LogP contribution in [0.5, 0.6) is 0 Å². The van der Waals surface area contributed by atoms with Crippen molar-refractivity contribution >= 4 is 9.04 Å². The molecule has 5 heteroatoms. The van der Waals surface area contributed by atoms with Crippen LogP contribution in [0.4, 0.5) is 0 Å². The van der Waals surface area contributed by atoms with Crippen molar-refractivity contribution in [2.24, 2.45) is 0 Å². The van der Waals surface area contributed by atoms with Crippen LogP contribution in [0.15, 0.2) is 0 Å². The van der Waals surface area contributed by atoms with Gasteiger partial charge >= 0.3 is 0 Å². The molecule has 1 atom stereocenters. The van der Waals surface area contributed by atoms with E-state index in [1.807, 2.05) is 0 Å². The van der Waals surface area contributed by atoms with Crippen LogP contribution in [0, 0.1) is 0 Å². The molecular weight excluding hydrogens is 200 g/mol. The molecule has 0 aliphatic rings. The van der Waals surface area contributed by atoms with Crippen molar-refractivity contribution in [2.45, 2.75) is 19.1 Å². The topological polar surface area (TPSA) is 36.9 Å². The molecule has 85 valence electrons. The van der Waals surface area contributed by atoms with Gasteiger partial charge in [-0.15, -0.1) is 0 Å². The molecule has 0 N–H and O–H groups in total. The number of rotatable bonds is 9. The molecule has 1 radical (unpaired) electrons. The second-order valence-electron chi connectivity index (χ2n) is 3.06. The quantitative estimate of drug-likeness (QED) is 0.541. The maximum absolute atomic E-state index is 5.48. The van der Waals surface area contributed by atoms with Crippen molar-refractivity contribution in [1.29, 1.82) is 0 Å². The summed E-state index contributed by atoms with van der Waals surface area (Å²) in [7, 11) is 4.34. The molecule has 0 aromatic rings. The Hall–Kier alpha value is 0.0569. The van der Waals surface area contributed by atoms with E-state index in [1.165, 1.54) is 0 Å². The summed E-state index contributed by atoms with van der Waals surface area (Å²) >= 11 is 0. The number of methoxy groups -OCH3 is 2. The Bertz CT molecular complexity index is 123. The Labute approximate surface area is 88.2 Å². The second kappa shape index (κ2) is 9.61. The van der Waals surface area contributed by atoms with Gasteiger partial charge in [-0.1, -0.05) is 0 Å². The maximum Gasteiger partial charge on any atom is 0.234 e. The smallest absolute Gasteiger partial charge is 0.234 e. The van der Waals surface area contributed by atoms with Crippen molar-refractivity contribution in [3.05, 3.63) is 0 Å². The van der Waals surface area contributed by atoms with E-state index in [0.717, 1.165) is 6.42 Å². The molecule has 0 aromatic carbocycles. The van der Waals surface area contributed by atoms with Gasteiger partial charge in [0.15, 0.2) is 0 Å². The Morgan fingerprint density at radius 3 is 2.43 bits per heavy atom. The first-order chi connectivity index (χ1) is 6.74. The van der Waals surface area contributed by atoms with Gasteiger partial charge in [0.05, 0.1) is 18.9 Å². The zero-order valence-electron chi connectivity index (χ0n) is 9.54. The van der Waals surface area contributed by atoms with E-state index in [1.54, 1.807) is 21.3 Å². The zero-order chi connectivity index (χ0) is 10.8. The molecule has 14 heavy (non-hydrogen) atoms. The Kier molecular flexibility index (Phi) is 9.64. The first kappa shape index (κ1) is 14.1. The molecule has 0 amide bonds. The Balaban J connectivity index is 3.42. The summed E-state index contributed by atoms with van der Waals surface area (Å²) in [5, 5.41) is 0. The highest BCUT2D eigenvalue weighted by Gasteiger charge is 2.09. The molecule has 0 aliphatic heterocycles. The first-order valence-electron chi connectivity index (χ1n) is 4.70. The molecule has 0 spiro atoms. The third-order valence-electron chi connectivity index (χ3n) is 1.93. The third-order valence-corrected chi connectivity index (χ3v) is 3.24. The fraction of sp³-hybridized carbons (Fsp3) is 1.00. The third kappa shape index (κ3) is 7.46. The van der Waals surface area contributed by atoms with E-state index in [0.29, 0.717) is 19.4 Å². The van der Waals surface area contributed by atoms with E-state index in [9.17, 15) is 0 Å². The molecule has 0 bridgehead atoms. The lowest BCUT2D eigenvalue weighted by atomic mass is 10.3. The summed E-state index contributed by atoms with van der Waals surface area (Å²) in [5.74, 6) is 0. The Morgan fingerprint density at radius 2 is 1.93 bits per heavy atom. The fourth-order valence-electron chi connectivity index (χ4n) is 0.912. The van der Waals surface area contributed by atoms with Gasteiger partial charge in [-0.25, -0.2) is 0 Å². The van der Waals surface area contributed by atoms with Crippen molar-refractivity contribution in [3.8, 4) is 0 Å². The minimum Gasteiger partial charge on any atom is -0.418 e. The van der Waals surface area contributed by atoms with Crippen LogP contribution in [-0.4, -0.2) is 55.9 Å². The van der Waals surface area contributed by atoms with Crippen LogP contribution < -0.4 is 0 Å². The molecular formula is C9H21O4Si. The van der Waals surface area contributed by atoms with Crippen molar-refractivity contribution in [1.82, 2.24) is 0 Å². The summed E-state index contributed by atoms with van der Waals surface area (Å²) in [5.41, 5.74) is 0. The normalized spacial score (nSPS) is 13.5. The van der Waals surface area contributed by atoms with Gasteiger partial charge in [-0.3, -0.25) is 0 Å². The highest BCUT2D eigenvalue weighted by Crippen LogP contribution is 1.99. The zero-order valence-corrected chi connectivity index (χ0v) is 10.5. The largest absolute Gasteiger partial charge is 0.418 e. The molecule has 4 nitrogen and oxygen atoms in total. The van der Waals surface area contributed by atoms with Gasteiger partial charge in [0.2, 0.25) is 9.04 Å². The van der Waals surface area contributed by atoms with E-state index in [4.69, 9.17) is 18.6 Å². The van der Waals surface area contributed by atoms with Gasteiger partial charge in [0.25, 0.3) is 0 Å². The lowest BCUT2D eigenvalue weighted by Crippen LogP contribution is -2.25. The van der Waals surface area contributed by atoms with Crippen molar-refractivity contribution < 1.29 is 18.6 Å². The van der Waals surface area contributed by atoms with E-state index in [-0.39, 0.29) is 6.10 Å². The average Bonchev–Trinajstić information content (AvgIpc) is 2.22. The van der Waals surface area contributed by atoms with E-state index in [2.05, 4.69) is 6.55 Å². The number of hydrogen-bond donors (Lipinski definition) is 0. The van der Waals surface area contributed by atoms with Gasteiger partial charge in [-0.05, 0) is 13.0 Å². The van der Waals surface area contributed by atoms with E-state index < -0.39 is 9.04 Å². The minimum absolute atomic E-state index is 0.126. The summed E-state index contributed by atoms with van der Waals surface area (Å²) in [4.78, 5) is 0. The SMILES string of the molecule is COCCC(COC[Si](C)OC)OC. The molecule has 0 saturated heterocycles. The van der Waals surface area contributed by atoms with Crippen molar-refractivity contribution in [2.75, 3.05) is 40.8 Å². The van der Waals surface area contributed by atoms with E-state index >= 15 is 0 Å². The second-order valence-corrected chi connectivity index (χ2v) is 5.16. The van der Waals surface area contributed by atoms with Crippen LogP contribution >= 0.6 is 0 Å². The van der Waals surface area contributed by atoms with Gasteiger partial charge in [-0.2, -0.15) is 0 Å². The minimum atomic E-state index is -0.762. The molecule has 0 fully saturated rings. The maximum atomic E-state index is 5.48. The van der Waals surface area contributed by atoms with Crippen LogP contribution in [0.2, 0.25) is 6.55 Å². The molecule has 0 saturated carbocycles. The number of hydrogen-bond acceptors (Lipinski definition) is 4. The summed E-state index contributed by atoms with van der Waals surface area (Å²) in [6.07, 6.45) is 1.70. The molecule has 1 unspecified atom stereocenters. The lowest BCUT2D eigenvalue weighted by Gasteiger charge is -2.15. The van der Waals surface area contributed by atoms with Crippen LogP contribution in [0.3, 0.4) is 0 Å². The van der Waals surface area contributed by atoms with Gasteiger partial charge in [0, 0.05) is 27.9 Å². The predicted molar refractivity (Wildman–Crippen MR) is 56.7 cm³/mol. The fourth-order valence-corrected chi connectivity index (χ4v) is 1.43. The van der Waals surface area contributed by atoms with Gasteiger partial charge < -0.3 is 18.6 Å². The van der Waals surface area contributed by atoms with Crippen LogP contribution in [0.1, 0.15) is 6.42 Å².